The molecule has 2 aromatic carbocycles. The number of hydrogen-bond acceptors (Lipinski definition) is 5. The van der Waals surface area contributed by atoms with Crippen molar-refractivity contribution in [2.45, 2.75) is 6.54 Å². The largest absolute Gasteiger partial charge is 0.468 e. The summed E-state index contributed by atoms with van der Waals surface area (Å²) in [6, 6.07) is 13.5. The monoisotopic (exact) mass is 385 g/mol. The van der Waals surface area contributed by atoms with Gasteiger partial charge in [0.25, 0.3) is 5.91 Å². The zero-order chi connectivity index (χ0) is 18.7. The van der Waals surface area contributed by atoms with Gasteiger partial charge in [0.05, 0.1) is 34.0 Å². The minimum absolute atomic E-state index is 0.111. The fourth-order valence-corrected chi connectivity index (χ4v) is 3.74. The fourth-order valence-electron chi connectivity index (χ4n) is 2.35. The van der Waals surface area contributed by atoms with Crippen molar-refractivity contribution < 1.29 is 14.3 Å². The van der Waals surface area contributed by atoms with Gasteiger partial charge in [0.1, 0.15) is 6.54 Å². The zero-order valence-corrected chi connectivity index (χ0v) is 15.2. The second-order valence-corrected chi connectivity index (χ2v) is 6.66. The summed E-state index contributed by atoms with van der Waals surface area (Å²) in [6.07, 6.45) is 0. The number of nitrogens with zero attached hydrogens (tertiary/aromatic N) is 3. The van der Waals surface area contributed by atoms with E-state index in [2.05, 4.69) is 4.99 Å². The van der Waals surface area contributed by atoms with E-state index in [1.54, 1.807) is 28.8 Å². The number of aromatic nitrogens is 1. The van der Waals surface area contributed by atoms with E-state index in [1.165, 1.54) is 30.6 Å². The molecule has 0 unspecified atom stereocenters. The van der Waals surface area contributed by atoms with Crippen LogP contribution in [0, 0.1) is 11.3 Å². The lowest BCUT2D eigenvalue weighted by Crippen LogP contribution is -2.22. The van der Waals surface area contributed by atoms with Crippen LogP contribution in [-0.4, -0.2) is 23.6 Å². The first-order valence-corrected chi connectivity index (χ1v) is 8.67. The summed E-state index contributed by atoms with van der Waals surface area (Å²) < 4.78 is 7.09. The lowest BCUT2D eigenvalue weighted by Gasteiger charge is -2.04. The summed E-state index contributed by atoms with van der Waals surface area (Å²) in [6.45, 7) is -0.111. The van der Waals surface area contributed by atoms with Gasteiger partial charge in [-0.05, 0) is 36.4 Å². The number of ether oxygens (including phenoxy) is 1. The summed E-state index contributed by atoms with van der Waals surface area (Å²) in [5.41, 5.74) is 1.42. The number of hydrogen-bond donors (Lipinski definition) is 0. The van der Waals surface area contributed by atoms with Gasteiger partial charge >= 0.3 is 5.97 Å². The van der Waals surface area contributed by atoms with Gasteiger partial charge in [-0.25, -0.2) is 0 Å². The minimum Gasteiger partial charge on any atom is -0.468 e. The SMILES string of the molecule is COC(=O)Cn1c(=NC(=O)c2ccc(C#N)cc2)sc2cccc(Cl)c21. The number of amides is 1. The molecule has 0 spiro atoms. The highest BCUT2D eigenvalue weighted by Crippen LogP contribution is 2.25. The third-order valence-corrected chi connectivity index (χ3v) is 4.97. The van der Waals surface area contributed by atoms with Crippen LogP contribution in [0.1, 0.15) is 15.9 Å². The van der Waals surface area contributed by atoms with E-state index in [-0.39, 0.29) is 6.54 Å². The van der Waals surface area contributed by atoms with Gasteiger partial charge in [-0.15, -0.1) is 0 Å². The molecule has 8 heteroatoms. The van der Waals surface area contributed by atoms with Gasteiger partial charge < -0.3 is 9.30 Å². The van der Waals surface area contributed by atoms with Crippen LogP contribution in [0.2, 0.25) is 5.02 Å². The molecule has 6 nitrogen and oxygen atoms in total. The summed E-state index contributed by atoms with van der Waals surface area (Å²) >= 11 is 7.52. The Balaban J connectivity index is 2.13. The number of nitriles is 1. The summed E-state index contributed by atoms with van der Waals surface area (Å²) in [5.74, 6) is -0.951. The number of benzene rings is 2. The maximum atomic E-state index is 12.5. The molecule has 1 aromatic heterocycles. The van der Waals surface area contributed by atoms with Gasteiger partial charge in [-0.2, -0.15) is 10.3 Å². The number of thiazole rings is 1. The Bertz CT molecular complexity index is 1110. The normalized spacial score (nSPS) is 11.3. The number of halogens is 1. The predicted molar refractivity (Wildman–Crippen MR) is 97.9 cm³/mol. The molecular weight excluding hydrogens is 374 g/mol. The number of para-hydroxylation sites is 1. The Morgan fingerprint density at radius 1 is 1.27 bits per heavy atom. The molecule has 0 aliphatic rings. The average Bonchev–Trinajstić information content (AvgIpc) is 3.00. The molecule has 0 fully saturated rings. The molecule has 0 atom stereocenters. The lowest BCUT2D eigenvalue weighted by molar-refractivity contribution is -0.141. The Hall–Kier alpha value is -2.95. The molecule has 130 valence electrons. The van der Waals surface area contributed by atoms with Crippen molar-refractivity contribution in [3.8, 4) is 6.07 Å². The highest BCUT2D eigenvalue weighted by atomic mass is 35.5. The van der Waals surface area contributed by atoms with Gasteiger partial charge in [-0.3, -0.25) is 9.59 Å². The quantitative estimate of drug-likeness (QED) is 0.648. The molecule has 3 rings (SSSR count). The number of rotatable bonds is 3. The zero-order valence-electron chi connectivity index (χ0n) is 13.6. The fraction of sp³-hybridized carbons (Fsp3) is 0.111. The van der Waals surface area contributed by atoms with Crippen molar-refractivity contribution in [1.29, 1.82) is 5.26 Å². The Labute approximate surface area is 157 Å². The molecule has 0 radical (unpaired) electrons. The third-order valence-electron chi connectivity index (χ3n) is 3.62. The number of carbonyl (C=O) groups excluding carboxylic acids is 2. The van der Waals surface area contributed by atoms with Gasteiger partial charge in [0.2, 0.25) is 0 Å². The van der Waals surface area contributed by atoms with Crippen LogP contribution < -0.4 is 4.80 Å². The molecule has 0 saturated heterocycles. The van der Waals surface area contributed by atoms with Crippen molar-refractivity contribution in [3.63, 3.8) is 0 Å². The Morgan fingerprint density at radius 3 is 2.65 bits per heavy atom. The smallest absolute Gasteiger partial charge is 0.325 e. The molecule has 3 aromatic rings. The maximum absolute atomic E-state index is 12.5. The molecule has 1 heterocycles. The van der Waals surface area contributed by atoms with E-state index in [4.69, 9.17) is 21.6 Å². The van der Waals surface area contributed by atoms with Crippen molar-refractivity contribution in [1.82, 2.24) is 4.57 Å². The summed E-state index contributed by atoms with van der Waals surface area (Å²) in [5, 5.41) is 9.29. The maximum Gasteiger partial charge on any atom is 0.325 e. The lowest BCUT2D eigenvalue weighted by atomic mass is 10.1. The van der Waals surface area contributed by atoms with E-state index in [0.29, 0.717) is 26.5 Å². The topological polar surface area (TPSA) is 84.5 Å². The van der Waals surface area contributed by atoms with Gasteiger partial charge in [0.15, 0.2) is 4.80 Å². The second-order valence-electron chi connectivity index (χ2n) is 5.24. The first kappa shape index (κ1) is 17.9. The first-order valence-electron chi connectivity index (χ1n) is 7.47. The van der Waals surface area contributed by atoms with Crippen molar-refractivity contribution in [2.75, 3.05) is 7.11 Å². The number of fused-ring (bicyclic) bond motifs is 1. The van der Waals surface area contributed by atoms with Crippen molar-refractivity contribution in [2.24, 2.45) is 4.99 Å². The van der Waals surface area contributed by atoms with E-state index in [1.807, 2.05) is 12.1 Å². The van der Waals surface area contributed by atoms with Crippen molar-refractivity contribution >= 4 is 45.0 Å². The molecule has 0 aliphatic carbocycles. The molecule has 0 aliphatic heterocycles. The highest BCUT2D eigenvalue weighted by molar-refractivity contribution is 7.16. The van der Waals surface area contributed by atoms with Gasteiger partial charge in [0, 0.05) is 5.56 Å². The molecule has 1 amide bonds. The molecule has 0 N–H and O–H groups in total. The average molecular weight is 386 g/mol. The van der Waals surface area contributed by atoms with E-state index < -0.39 is 11.9 Å². The van der Waals surface area contributed by atoms with E-state index in [9.17, 15) is 9.59 Å². The van der Waals surface area contributed by atoms with Crippen LogP contribution >= 0.6 is 22.9 Å². The van der Waals surface area contributed by atoms with Crippen LogP contribution in [0.25, 0.3) is 10.2 Å². The van der Waals surface area contributed by atoms with Crippen LogP contribution in [0.5, 0.6) is 0 Å². The molecular formula is C18H12ClN3O3S. The highest BCUT2D eigenvalue weighted by Gasteiger charge is 2.14. The summed E-state index contributed by atoms with van der Waals surface area (Å²) in [7, 11) is 1.29. The van der Waals surface area contributed by atoms with E-state index in [0.717, 1.165) is 4.70 Å². The predicted octanol–water partition coefficient (Wildman–Crippen LogP) is 3.14. The Morgan fingerprint density at radius 2 is 2.00 bits per heavy atom. The minimum atomic E-state index is -0.476. The van der Waals surface area contributed by atoms with Crippen molar-refractivity contribution in [3.05, 3.63) is 63.4 Å². The standard InChI is InChI=1S/C18H12ClN3O3S/c1-25-15(23)10-22-16-13(19)3-2-4-14(16)26-18(22)21-17(24)12-7-5-11(9-20)6-8-12/h2-8H,10H2,1H3. The Kier molecular flexibility index (Phi) is 5.16. The van der Waals surface area contributed by atoms with Gasteiger partial charge in [-0.1, -0.05) is 29.0 Å². The number of carbonyl (C=O) groups is 2. The third kappa shape index (κ3) is 3.52. The molecule has 0 bridgehead atoms. The van der Waals surface area contributed by atoms with Crippen LogP contribution in [0.4, 0.5) is 0 Å². The number of esters is 1. The first-order chi connectivity index (χ1) is 12.5. The van der Waals surface area contributed by atoms with Crippen LogP contribution in [0.3, 0.4) is 0 Å². The van der Waals surface area contributed by atoms with Crippen LogP contribution in [0.15, 0.2) is 47.5 Å². The van der Waals surface area contributed by atoms with Crippen LogP contribution in [-0.2, 0) is 16.1 Å². The van der Waals surface area contributed by atoms with E-state index >= 15 is 0 Å². The molecule has 26 heavy (non-hydrogen) atoms. The summed E-state index contributed by atoms with van der Waals surface area (Å²) in [4.78, 5) is 28.7. The number of methoxy groups -OCH3 is 1. The second kappa shape index (κ2) is 7.52. The molecule has 0 saturated carbocycles.